The molecule has 0 unspecified atom stereocenters. The molecule has 17 heavy (non-hydrogen) atoms. The summed E-state index contributed by atoms with van der Waals surface area (Å²) in [6.45, 7) is 0.186. The molecule has 0 fully saturated rings. The third-order valence-corrected chi connectivity index (χ3v) is 4.58. The van der Waals surface area contributed by atoms with Crippen LogP contribution in [0.2, 0.25) is 0 Å². The lowest BCUT2D eigenvalue weighted by molar-refractivity contribution is 0.299. The van der Waals surface area contributed by atoms with Crippen LogP contribution in [-0.4, -0.2) is 16.7 Å². The second-order valence-corrected chi connectivity index (χ2v) is 5.61. The summed E-state index contributed by atoms with van der Waals surface area (Å²) in [6.07, 6.45) is 2.49. The van der Waals surface area contributed by atoms with E-state index in [9.17, 15) is 0 Å². The van der Waals surface area contributed by atoms with Crippen molar-refractivity contribution >= 4 is 21.6 Å². The van der Waals surface area contributed by atoms with Crippen LogP contribution < -0.4 is 0 Å². The van der Waals surface area contributed by atoms with E-state index in [2.05, 4.69) is 17.1 Å². The molecule has 2 nitrogen and oxygen atoms in total. The average Bonchev–Trinajstić information content (AvgIpc) is 2.39. The van der Waals surface area contributed by atoms with Gasteiger partial charge in [0, 0.05) is 17.7 Å². The SMILES string of the molecule is OCCc1ccccc1SSc1ccccn1. The van der Waals surface area contributed by atoms with Gasteiger partial charge in [-0.05, 0) is 41.0 Å². The van der Waals surface area contributed by atoms with Crippen molar-refractivity contribution in [3.8, 4) is 0 Å². The number of nitrogens with zero attached hydrogens (tertiary/aromatic N) is 1. The van der Waals surface area contributed by atoms with Crippen molar-refractivity contribution in [2.24, 2.45) is 0 Å². The summed E-state index contributed by atoms with van der Waals surface area (Å²) < 4.78 is 0. The highest BCUT2D eigenvalue weighted by Gasteiger charge is 2.03. The fourth-order valence-corrected chi connectivity index (χ4v) is 3.53. The van der Waals surface area contributed by atoms with Gasteiger partial charge in [-0.3, -0.25) is 0 Å². The molecule has 0 spiro atoms. The Labute approximate surface area is 109 Å². The normalized spacial score (nSPS) is 10.4. The molecule has 0 radical (unpaired) electrons. The molecule has 0 aliphatic heterocycles. The van der Waals surface area contributed by atoms with Gasteiger partial charge in [-0.1, -0.05) is 35.1 Å². The predicted octanol–water partition coefficient (Wildman–Crippen LogP) is 3.42. The molecule has 88 valence electrons. The maximum Gasteiger partial charge on any atom is 0.107 e. The van der Waals surface area contributed by atoms with Crippen molar-refractivity contribution < 1.29 is 5.11 Å². The molecule has 2 aromatic rings. The van der Waals surface area contributed by atoms with Crippen LogP contribution in [0.1, 0.15) is 5.56 Å². The van der Waals surface area contributed by atoms with Crippen LogP contribution in [0.5, 0.6) is 0 Å². The average molecular weight is 263 g/mol. The van der Waals surface area contributed by atoms with E-state index in [0.29, 0.717) is 6.42 Å². The van der Waals surface area contributed by atoms with Crippen molar-refractivity contribution in [2.75, 3.05) is 6.61 Å². The molecule has 0 saturated carbocycles. The van der Waals surface area contributed by atoms with E-state index in [1.165, 1.54) is 10.5 Å². The minimum Gasteiger partial charge on any atom is -0.396 e. The Morgan fingerprint density at radius 3 is 2.59 bits per heavy atom. The van der Waals surface area contributed by atoms with Crippen LogP contribution in [-0.2, 0) is 6.42 Å². The molecule has 0 aliphatic carbocycles. The van der Waals surface area contributed by atoms with Gasteiger partial charge >= 0.3 is 0 Å². The Morgan fingerprint density at radius 1 is 1.00 bits per heavy atom. The first-order valence-electron chi connectivity index (χ1n) is 5.34. The summed E-state index contributed by atoms with van der Waals surface area (Å²) in [5, 5.41) is 10.00. The Balaban J connectivity index is 2.03. The fraction of sp³-hybridized carbons (Fsp3) is 0.154. The third kappa shape index (κ3) is 3.77. The molecule has 0 bridgehead atoms. The lowest BCUT2D eigenvalue weighted by Crippen LogP contribution is -1.91. The van der Waals surface area contributed by atoms with Crippen LogP contribution in [0.15, 0.2) is 58.6 Å². The first-order valence-corrected chi connectivity index (χ1v) is 7.49. The number of benzene rings is 1. The molecular weight excluding hydrogens is 250 g/mol. The Morgan fingerprint density at radius 2 is 1.82 bits per heavy atom. The molecule has 0 saturated heterocycles. The number of rotatable bonds is 5. The van der Waals surface area contributed by atoms with E-state index in [-0.39, 0.29) is 6.61 Å². The lowest BCUT2D eigenvalue weighted by atomic mass is 10.2. The van der Waals surface area contributed by atoms with Crippen LogP contribution >= 0.6 is 21.6 Å². The fourth-order valence-electron chi connectivity index (χ4n) is 1.40. The van der Waals surface area contributed by atoms with E-state index >= 15 is 0 Å². The number of aromatic nitrogens is 1. The molecule has 1 aromatic heterocycles. The van der Waals surface area contributed by atoms with Gasteiger partial charge in [0.25, 0.3) is 0 Å². The van der Waals surface area contributed by atoms with E-state index in [0.717, 1.165) is 5.03 Å². The number of hydrogen-bond donors (Lipinski definition) is 1. The van der Waals surface area contributed by atoms with Crippen LogP contribution in [0, 0.1) is 0 Å². The first-order chi connectivity index (χ1) is 8.40. The number of hydrogen-bond acceptors (Lipinski definition) is 4. The maximum atomic E-state index is 9.00. The molecule has 1 N–H and O–H groups in total. The summed E-state index contributed by atoms with van der Waals surface area (Å²) in [5.41, 5.74) is 1.18. The van der Waals surface area contributed by atoms with Crippen molar-refractivity contribution in [1.29, 1.82) is 0 Å². The zero-order valence-electron chi connectivity index (χ0n) is 9.24. The van der Waals surface area contributed by atoms with Gasteiger partial charge in [-0.2, -0.15) is 0 Å². The summed E-state index contributed by atoms with van der Waals surface area (Å²) in [5.74, 6) is 0. The molecule has 0 amide bonds. The minimum atomic E-state index is 0.186. The topological polar surface area (TPSA) is 33.1 Å². The van der Waals surface area contributed by atoms with Crippen molar-refractivity contribution in [1.82, 2.24) is 4.98 Å². The van der Waals surface area contributed by atoms with Crippen LogP contribution in [0.25, 0.3) is 0 Å². The van der Waals surface area contributed by atoms with Gasteiger partial charge in [0.2, 0.25) is 0 Å². The van der Waals surface area contributed by atoms with E-state index in [4.69, 9.17) is 5.11 Å². The summed E-state index contributed by atoms with van der Waals surface area (Å²) >= 11 is 0. The monoisotopic (exact) mass is 263 g/mol. The number of pyridine rings is 1. The summed E-state index contributed by atoms with van der Waals surface area (Å²) in [4.78, 5) is 5.45. The number of aliphatic hydroxyl groups excluding tert-OH is 1. The molecular formula is C13H13NOS2. The largest absolute Gasteiger partial charge is 0.396 e. The van der Waals surface area contributed by atoms with Gasteiger partial charge in [-0.25, -0.2) is 4.98 Å². The van der Waals surface area contributed by atoms with Gasteiger partial charge in [0.15, 0.2) is 0 Å². The summed E-state index contributed by atoms with van der Waals surface area (Å²) in [7, 11) is 3.32. The first kappa shape index (κ1) is 12.5. The quantitative estimate of drug-likeness (QED) is 0.838. The smallest absolute Gasteiger partial charge is 0.107 e. The molecule has 4 heteroatoms. The highest BCUT2D eigenvalue weighted by Crippen LogP contribution is 2.37. The molecule has 1 heterocycles. The molecule has 1 aromatic carbocycles. The predicted molar refractivity (Wildman–Crippen MR) is 73.2 cm³/mol. The van der Waals surface area contributed by atoms with Crippen molar-refractivity contribution in [3.05, 3.63) is 54.2 Å². The highest BCUT2D eigenvalue weighted by atomic mass is 33.1. The lowest BCUT2D eigenvalue weighted by Gasteiger charge is -2.06. The van der Waals surface area contributed by atoms with Crippen LogP contribution in [0.3, 0.4) is 0 Å². The highest BCUT2D eigenvalue weighted by molar-refractivity contribution is 8.76. The zero-order chi connectivity index (χ0) is 11.9. The zero-order valence-corrected chi connectivity index (χ0v) is 10.9. The van der Waals surface area contributed by atoms with Gasteiger partial charge < -0.3 is 5.11 Å². The molecule has 0 aliphatic rings. The van der Waals surface area contributed by atoms with Gasteiger partial charge in [0.05, 0.1) is 0 Å². The molecule has 2 rings (SSSR count). The van der Waals surface area contributed by atoms with Crippen LogP contribution in [0.4, 0.5) is 0 Å². The van der Waals surface area contributed by atoms with E-state index in [1.807, 2.05) is 30.3 Å². The molecule has 0 atom stereocenters. The Bertz CT molecular complexity index is 462. The second-order valence-electron chi connectivity index (χ2n) is 3.42. The minimum absolute atomic E-state index is 0.186. The van der Waals surface area contributed by atoms with E-state index < -0.39 is 0 Å². The Kier molecular flexibility index (Phi) is 4.91. The summed E-state index contributed by atoms with van der Waals surface area (Å²) in [6, 6.07) is 14.0. The van der Waals surface area contributed by atoms with Crippen molar-refractivity contribution in [3.63, 3.8) is 0 Å². The van der Waals surface area contributed by atoms with Crippen molar-refractivity contribution in [2.45, 2.75) is 16.3 Å². The van der Waals surface area contributed by atoms with Gasteiger partial charge in [-0.15, -0.1) is 0 Å². The van der Waals surface area contributed by atoms with E-state index in [1.54, 1.807) is 27.8 Å². The Hall–Kier alpha value is -0.970. The number of aliphatic hydroxyl groups is 1. The maximum absolute atomic E-state index is 9.00. The third-order valence-electron chi connectivity index (χ3n) is 2.21. The second kappa shape index (κ2) is 6.69. The standard InChI is InChI=1S/C13H13NOS2/c15-10-8-11-5-1-2-6-12(11)16-17-13-7-3-4-9-14-13/h1-7,9,15H,8,10H2. The van der Waals surface area contributed by atoms with Gasteiger partial charge in [0.1, 0.15) is 5.03 Å².